The third kappa shape index (κ3) is 6.06. The summed E-state index contributed by atoms with van der Waals surface area (Å²) in [6.07, 6.45) is 1.51. The molecule has 1 aromatic heterocycles. The number of aliphatic hydroxyl groups excluding tert-OH is 3. The number of cyclic esters (lactones) is 2. The van der Waals surface area contributed by atoms with Crippen LogP contribution in [0.5, 0.6) is 0 Å². The van der Waals surface area contributed by atoms with Crippen LogP contribution in [0.1, 0.15) is 75.8 Å². The first kappa shape index (κ1) is 32.5. The van der Waals surface area contributed by atoms with Crippen molar-refractivity contribution in [2.45, 2.75) is 76.5 Å². The summed E-state index contributed by atoms with van der Waals surface area (Å²) in [6, 6.07) is 17.1. The molecule has 0 saturated carbocycles. The van der Waals surface area contributed by atoms with Gasteiger partial charge in [0.05, 0.1) is 26.2 Å². The highest BCUT2D eigenvalue weighted by atomic mass is 16.8. The monoisotopic (exact) mass is 643 g/mol. The predicted molar refractivity (Wildman–Crippen MR) is 174 cm³/mol. The van der Waals surface area contributed by atoms with E-state index in [4.69, 9.17) is 9.47 Å². The van der Waals surface area contributed by atoms with Gasteiger partial charge in [0.15, 0.2) is 11.7 Å². The Balaban J connectivity index is 1.24. The van der Waals surface area contributed by atoms with Gasteiger partial charge in [0.1, 0.15) is 17.9 Å². The second-order valence-electron chi connectivity index (χ2n) is 12.8. The summed E-state index contributed by atoms with van der Waals surface area (Å²) < 4.78 is 12.1. The largest absolute Gasteiger partial charge is 0.509 e. The zero-order chi connectivity index (χ0) is 33.5. The number of hydrogen-bond acceptors (Lipinski definition) is 8. The molecule has 0 spiro atoms. The van der Waals surface area contributed by atoms with Gasteiger partial charge in [-0.3, -0.25) is 9.59 Å². The number of aryl methyl sites for hydroxylation is 1. The Kier molecular flexibility index (Phi) is 8.97. The van der Waals surface area contributed by atoms with Crippen molar-refractivity contribution < 1.29 is 39.2 Å². The zero-order valence-electron chi connectivity index (χ0n) is 26.9. The molecular formula is C36H41N3O8. The molecule has 47 heavy (non-hydrogen) atoms. The molecule has 4 atom stereocenters. The van der Waals surface area contributed by atoms with E-state index in [1.165, 1.54) is 42.8 Å². The lowest BCUT2D eigenvalue weighted by Gasteiger charge is -2.34. The summed E-state index contributed by atoms with van der Waals surface area (Å²) in [5, 5.41) is 30.7. The molecule has 3 N–H and O–H groups in total. The standard InChI is InChI=1S/C36H41N3O8/c1-22-17-24(13-15-27(22)23-9-5-4-6-10-23)33(43)39-19-26-14-16-29(38(26)18-25-11-7-8-12-28(25)39)34(44)37(3)20-30(41)32-36(2,31(42)21-40)47-35(45)46-32/h7-9,11-17,30-32,40-42H,4-6,10,18-21H2,1-3H3/t30-,31+,32+,36+/m0/s1. The minimum atomic E-state index is -1.70. The first-order valence-corrected chi connectivity index (χ1v) is 16.0. The summed E-state index contributed by atoms with van der Waals surface area (Å²) in [7, 11) is 1.51. The number of ether oxygens (including phenoxy) is 2. The van der Waals surface area contributed by atoms with Crippen LogP contribution in [0.25, 0.3) is 5.57 Å². The predicted octanol–water partition coefficient (Wildman–Crippen LogP) is 4.04. The van der Waals surface area contributed by atoms with Gasteiger partial charge >= 0.3 is 6.16 Å². The topological polar surface area (TPSA) is 142 Å². The van der Waals surface area contributed by atoms with Gasteiger partial charge in [-0.2, -0.15) is 0 Å². The van der Waals surface area contributed by atoms with E-state index in [-0.39, 0.29) is 19.0 Å². The molecule has 3 heterocycles. The van der Waals surface area contributed by atoms with E-state index < -0.39 is 42.6 Å². The molecule has 0 radical (unpaired) electrons. The van der Waals surface area contributed by atoms with Gasteiger partial charge in [0.2, 0.25) is 0 Å². The molecule has 1 fully saturated rings. The zero-order valence-corrected chi connectivity index (χ0v) is 26.9. The fourth-order valence-electron chi connectivity index (χ4n) is 6.96. The highest BCUT2D eigenvalue weighted by molar-refractivity contribution is 6.07. The molecule has 3 aromatic rings. The number of carbonyl (C=O) groups excluding carboxylic acids is 3. The van der Waals surface area contributed by atoms with Crippen molar-refractivity contribution >= 4 is 29.2 Å². The van der Waals surface area contributed by atoms with Crippen molar-refractivity contribution in [2.75, 3.05) is 25.1 Å². The van der Waals surface area contributed by atoms with Crippen LogP contribution in [-0.4, -0.2) is 86.9 Å². The van der Waals surface area contributed by atoms with E-state index >= 15 is 0 Å². The second kappa shape index (κ2) is 13.0. The Labute approximate surface area is 273 Å². The molecule has 2 amide bonds. The van der Waals surface area contributed by atoms with Gasteiger partial charge in [0.25, 0.3) is 11.8 Å². The smallest absolute Gasteiger partial charge is 0.424 e. The number of carbonyl (C=O) groups is 3. The lowest BCUT2D eigenvalue weighted by atomic mass is 9.89. The van der Waals surface area contributed by atoms with Gasteiger partial charge in [-0.1, -0.05) is 30.3 Å². The molecule has 3 aliphatic rings. The van der Waals surface area contributed by atoms with E-state index in [0.29, 0.717) is 17.8 Å². The van der Waals surface area contributed by atoms with Gasteiger partial charge < -0.3 is 39.2 Å². The molecule has 6 rings (SSSR count). The maximum absolute atomic E-state index is 14.1. The second-order valence-corrected chi connectivity index (χ2v) is 12.8. The molecular weight excluding hydrogens is 602 g/mol. The summed E-state index contributed by atoms with van der Waals surface area (Å²) in [4.78, 5) is 42.9. The average molecular weight is 644 g/mol. The van der Waals surface area contributed by atoms with Crippen molar-refractivity contribution in [3.8, 4) is 0 Å². The van der Waals surface area contributed by atoms with E-state index in [2.05, 4.69) is 12.1 Å². The Hall–Kier alpha value is -4.45. The van der Waals surface area contributed by atoms with Crippen LogP contribution in [0, 0.1) is 6.92 Å². The van der Waals surface area contributed by atoms with E-state index in [1.54, 1.807) is 11.0 Å². The fourth-order valence-corrected chi connectivity index (χ4v) is 6.96. The SMILES string of the molecule is Cc1cc(C(=O)N2Cc3ccc(C(=O)N(C)C[C@H](O)[C@H]4OC(=O)O[C@]4(C)[C@H](O)CO)n3Cc3ccccc32)ccc1C1=CCCCC1. The van der Waals surface area contributed by atoms with Crippen LogP contribution in [0.3, 0.4) is 0 Å². The van der Waals surface area contributed by atoms with Crippen LogP contribution >= 0.6 is 0 Å². The number of rotatable bonds is 8. The Morgan fingerprint density at radius 3 is 2.60 bits per heavy atom. The molecule has 11 nitrogen and oxygen atoms in total. The van der Waals surface area contributed by atoms with E-state index in [1.807, 2.05) is 54.0 Å². The van der Waals surface area contributed by atoms with Crippen LogP contribution in [-0.2, 0) is 22.6 Å². The molecule has 1 saturated heterocycles. The molecule has 11 heteroatoms. The fraction of sp³-hybridized carbons (Fsp3) is 0.417. The molecule has 248 valence electrons. The lowest BCUT2D eigenvalue weighted by molar-refractivity contribution is -0.114. The number of para-hydroxylation sites is 1. The van der Waals surface area contributed by atoms with Crippen molar-refractivity contribution in [1.82, 2.24) is 9.47 Å². The number of aromatic nitrogens is 1. The lowest BCUT2D eigenvalue weighted by Crippen LogP contribution is -2.56. The van der Waals surface area contributed by atoms with Gasteiger partial charge in [-0.15, -0.1) is 0 Å². The summed E-state index contributed by atoms with van der Waals surface area (Å²) in [5.74, 6) is -0.528. The van der Waals surface area contributed by atoms with Crippen molar-refractivity contribution in [3.05, 3.63) is 94.3 Å². The summed E-state index contributed by atoms with van der Waals surface area (Å²) in [6.45, 7) is 3.03. The Morgan fingerprint density at radius 2 is 1.87 bits per heavy atom. The van der Waals surface area contributed by atoms with Gasteiger partial charge in [-0.25, -0.2) is 4.79 Å². The number of likely N-dealkylation sites (N-methyl/N-ethyl adjacent to an activating group) is 1. The summed E-state index contributed by atoms with van der Waals surface area (Å²) >= 11 is 0. The molecule has 1 aliphatic carbocycles. The Morgan fingerprint density at radius 1 is 1.09 bits per heavy atom. The van der Waals surface area contributed by atoms with Gasteiger partial charge in [-0.05, 0) is 92.1 Å². The minimum Gasteiger partial charge on any atom is -0.424 e. The van der Waals surface area contributed by atoms with Crippen LogP contribution in [0.15, 0.2) is 60.7 Å². The summed E-state index contributed by atoms with van der Waals surface area (Å²) in [5.41, 5.74) is 5.26. The molecule has 2 aliphatic heterocycles. The number of allylic oxidation sites excluding steroid dienone is 2. The number of fused-ring (bicyclic) bond motifs is 2. The highest BCUT2D eigenvalue weighted by Crippen LogP contribution is 2.35. The van der Waals surface area contributed by atoms with E-state index in [0.717, 1.165) is 35.3 Å². The van der Waals surface area contributed by atoms with Crippen molar-refractivity contribution in [1.29, 1.82) is 0 Å². The van der Waals surface area contributed by atoms with Gasteiger partial charge in [0, 0.05) is 24.0 Å². The first-order chi connectivity index (χ1) is 22.5. The maximum atomic E-state index is 14.1. The number of benzene rings is 2. The maximum Gasteiger partial charge on any atom is 0.509 e. The Bertz CT molecular complexity index is 1730. The minimum absolute atomic E-state index is 0.131. The third-order valence-electron chi connectivity index (χ3n) is 9.66. The normalized spacial score (nSPS) is 21.8. The van der Waals surface area contributed by atoms with Crippen molar-refractivity contribution in [2.24, 2.45) is 0 Å². The number of aliphatic hydroxyl groups is 3. The highest BCUT2D eigenvalue weighted by Gasteiger charge is 2.55. The van der Waals surface area contributed by atoms with Crippen LogP contribution in [0.2, 0.25) is 0 Å². The molecule has 0 bridgehead atoms. The number of hydrogen-bond donors (Lipinski definition) is 3. The van der Waals surface area contributed by atoms with Crippen molar-refractivity contribution in [3.63, 3.8) is 0 Å². The third-order valence-corrected chi connectivity index (χ3v) is 9.66. The number of amides is 2. The number of nitrogens with zero attached hydrogens (tertiary/aromatic N) is 3. The molecule has 0 unspecified atom stereocenters. The van der Waals surface area contributed by atoms with Crippen LogP contribution < -0.4 is 4.90 Å². The van der Waals surface area contributed by atoms with E-state index in [9.17, 15) is 29.7 Å². The number of anilines is 1. The molecule has 2 aromatic carbocycles. The first-order valence-electron chi connectivity index (χ1n) is 16.0. The van der Waals surface area contributed by atoms with Crippen LogP contribution in [0.4, 0.5) is 10.5 Å². The quantitative estimate of drug-likeness (QED) is 0.313. The average Bonchev–Trinajstić information content (AvgIpc) is 3.56.